The first-order chi connectivity index (χ1) is 13.0. The highest BCUT2D eigenvalue weighted by molar-refractivity contribution is 6.38. The van der Waals surface area contributed by atoms with Gasteiger partial charge < -0.3 is 10.5 Å². The number of halogens is 2. The van der Waals surface area contributed by atoms with Gasteiger partial charge in [0.2, 0.25) is 5.88 Å². The summed E-state index contributed by atoms with van der Waals surface area (Å²) in [6.45, 7) is 2.20. The predicted octanol–water partition coefficient (Wildman–Crippen LogP) is 4.73. The number of carbonyl (C=O) groups is 1. The van der Waals surface area contributed by atoms with Crippen molar-refractivity contribution in [2.24, 2.45) is 5.73 Å². The number of nitrogens with two attached hydrogens (primary N) is 1. The maximum Gasteiger partial charge on any atom is 0.259 e. The van der Waals surface area contributed by atoms with Crippen LogP contribution in [0.2, 0.25) is 10.0 Å². The minimum absolute atomic E-state index is 0.177. The van der Waals surface area contributed by atoms with Crippen LogP contribution in [0, 0.1) is 11.3 Å². The summed E-state index contributed by atoms with van der Waals surface area (Å²) >= 11 is 12.9. The van der Waals surface area contributed by atoms with Crippen LogP contribution in [-0.4, -0.2) is 17.1 Å². The van der Waals surface area contributed by atoms with Crippen molar-refractivity contribution in [3.8, 4) is 17.6 Å². The lowest BCUT2D eigenvalue weighted by Crippen LogP contribution is -2.12. The first-order valence-electron chi connectivity index (χ1n) is 8.11. The maximum absolute atomic E-state index is 11.6. The zero-order valence-electron chi connectivity index (χ0n) is 14.4. The lowest BCUT2D eigenvalue weighted by molar-refractivity contribution is -0.114. The Hall–Kier alpha value is -2.94. The van der Waals surface area contributed by atoms with Gasteiger partial charge in [0.15, 0.2) is 0 Å². The normalized spacial score (nSPS) is 11.4. The molecule has 5 nitrogen and oxygen atoms in total. The molecule has 1 amide bonds. The van der Waals surface area contributed by atoms with Crippen molar-refractivity contribution >= 4 is 46.1 Å². The van der Waals surface area contributed by atoms with E-state index in [9.17, 15) is 10.1 Å². The van der Waals surface area contributed by atoms with E-state index in [1.165, 1.54) is 6.08 Å². The molecule has 2 aromatic carbocycles. The molecule has 136 valence electrons. The minimum Gasteiger partial charge on any atom is -0.478 e. The van der Waals surface area contributed by atoms with Gasteiger partial charge in [-0.25, -0.2) is 0 Å². The Balaban J connectivity index is 2.47. The highest BCUT2D eigenvalue weighted by Gasteiger charge is 2.22. The lowest BCUT2D eigenvalue weighted by atomic mass is 10.1. The fourth-order valence-corrected chi connectivity index (χ4v) is 3.45. The second-order valence-electron chi connectivity index (χ2n) is 5.61. The van der Waals surface area contributed by atoms with Crippen molar-refractivity contribution in [1.82, 2.24) is 4.57 Å². The van der Waals surface area contributed by atoms with E-state index in [2.05, 4.69) is 0 Å². The Labute approximate surface area is 166 Å². The van der Waals surface area contributed by atoms with E-state index in [1.54, 1.807) is 22.8 Å². The van der Waals surface area contributed by atoms with Gasteiger partial charge in [0.25, 0.3) is 5.91 Å². The van der Waals surface area contributed by atoms with Crippen molar-refractivity contribution in [2.75, 3.05) is 6.61 Å². The number of nitriles is 1. The number of amides is 1. The van der Waals surface area contributed by atoms with Crippen LogP contribution in [0.1, 0.15) is 12.5 Å². The molecule has 3 aromatic rings. The molecule has 0 spiro atoms. The second-order valence-corrected chi connectivity index (χ2v) is 6.42. The molecule has 0 bridgehead atoms. The van der Waals surface area contributed by atoms with Crippen molar-refractivity contribution in [2.45, 2.75) is 6.92 Å². The summed E-state index contributed by atoms with van der Waals surface area (Å²) < 4.78 is 7.67. The summed E-state index contributed by atoms with van der Waals surface area (Å²) in [4.78, 5) is 11.6. The molecule has 0 radical (unpaired) electrons. The Kier molecular flexibility index (Phi) is 5.41. The highest BCUT2D eigenvalue weighted by atomic mass is 35.5. The first-order valence-corrected chi connectivity index (χ1v) is 8.87. The number of hydrogen-bond donors (Lipinski definition) is 1. The van der Waals surface area contributed by atoms with Crippen molar-refractivity contribution in [3.63, 3.8) is 0 Å². The molecule has 0 fully saturated rings. The van der Waals surface area contributed by atoms with E-state index in [4.69, 9.17) is 33.7 Å². The van der Waals surface area contributed by atoms with Gasteiger partial charge in [-0.1, -0.05) is 47.5 Å². The van der Waals surface area contributed by atoms with Crippen LogP contribution in [-0.2, 0) is 4.79 Å². The number of aromatic nitrogens is 1. The predicted molar refractivity (Wildman–Crippen MR) is 107 cm³/mol. The minimum atomic E-state index is -0.812. The Morgan fingerprint density at radius 2 is 1.89 bits per heavy atom. The van der Waals surface area contributed by atoms with Crippen LogP contribution >= 0.6 is 23.2 Å². The Morgan fingerprint density at radius 3 is 2.48 bits per heavy atom. The Bertz CT molecular complexity index is 1090. The van der Waals surface area contributed by atoms with Crippen LogP contribution in [0.15, 0.2) is 48.0 Å². The third-order valence-corrected chi connectivity index (χ3v) is 4.60. The van der Waals surface area contributed by atoms with Crippen LogP contribution in [0.25, 0.3) is 22.7 Å². The summed E-state index contributed by atoms with van der Waals surface area (Å²) in [7, 11) is 0. The largest absolute Gasteiger partial charge is 0.478 e. The second kappa shape index (κ2) is 7.75. The number of nitrogens with zero attached hydrogens (tertiary/aromatic N) is 2. The average Bonchev–Trinajstić information content (AvgIpc) is 2.93. The van der Waals surface area contributed by atoms with Gasteiger partial charge in [-0.15, -0.1) is 0 Å². The van der Waals surface area contributed by atoms with Gasteiger partial charge in [0, 0.05) is 10.9 Å². The number of ether oxygens (including phenoxy) is 1. The molecule has 27 heavy (non-hydrogen) atoms. The topological polar surface area (TPSA) is 81.0 Å². The van der Waals surface area contributed by atoms with Gasteiger partial charge in [-0.2, -0.15) is 5.26 Å². The van der Waals surface area contributed by atoms with Gasteiger partial charge in [0.1, 0.15) is 11.6 Å². The number of primary amides is 1. The molecule has 0 unspecified atom stereocenters. The van der Waals surface area contributed by atoms with E-state index in [1.807, 2.05) is 37.3 Å². The monoisotopic (exact) mass is 399 g/mol. The zero-order chi connectivity index (χ0) is 19.6. The Morgan fingerprint density at radius 1 is 1.22 bits per heavy atom. The van der Waals surface area contributed by atoms with E-state index in [0.29, 0.717) is 33.8 Å². The molecule has 0 aliphatic carbocycles. The van der Waals surface area contributed by atoms with Crippen LogP contribution in [0.5, 0.6) is 5.88 Å². The summed E-state index contributed by atoms with van der Waals surface area (Å²) in [5.41, 5.74) is 7.01. The van der Waals surface area contributed by atoms with E-state index in [0.717, 1.165) is 10.9 Å². The number of benzene rings is 2. The third-order valence-electron chi connectivity index (χ3n) is 3.99. The number of carbonyl (C=O) groups excluding carboxylic acids is 1. The summed E-state index contributed by atoms with van der Waals surface area (Å²) in [5.74, 6) is -0.393. The lowest BCUT2D eigenvalue weighted by Gasteiger charge is -2.14. The zero-order valence-corrected chi connectivity index (χ0v) is 15.9. The smallest absolute Gasteiger partial charge is 0.259 e. The standard InChI is InChI=1S/C20H15Cl2N3O2/c1-2-27-20-14(10-12(11-23)19(24)26)13-6-3-4-9-17(13)25(20)18-15(21)7-5-8-16(18)22/h3-10H,2H2,1H3,(H2,24,26)/b12-10-. The number of para-hydroxylation sites is 2. The first kappa shape index (κ1) is 18.8. The SMILES string of the molecule is CCOc1c(/C=C(/C#N)C(N)=O)c2ccccc2n1-c1c(Cl)cccc1Cl. The number of fused-ring (bicyclic) bond motifs is 1. The molecule has 0 aliphatic rings. The summed E-state index contributed by atoms with van der Waals surface area (Å²) in [5, 5.41) is 10.9. The van der Waals surface area contributed by atoms with Gasteiger partial charge in [0.05, 0.1) is 27.9 Å². The van der Waals surface area contributed by atoms with E-state index < -0.39 is 5.91 Å². The van der Waals surface area contributed by atoms with Gasteiger partial charge >= 0.3 is 0 Å². The molecule has 0 atom stereocenters. The van der Waals surface area contributed by atoms with Crippen LogP contribution in [0.3, 0.4) is 0 Å². The molecule has 1 aromatic heterocycles. The molecule has 7 heteroatoms. The number of hydrogen-bond acceptors (Lipinski definition) is 3. The molecule has 3 rings (SSSR count). The number of rotatable bonds is 5. The quantitative estimate of drug-likeness (QED) is 0.497. The molecular weight excluding hydrogens is 385 g/mol. The van der Waals surface area contributed by atoms with Gasteiger partial charge in [-0.3, -0.25) is 9.36 Å². The van der Waals surface area contributed by atoms with Crippen molar-refractivity contribution < 1.29 is 9.53 Å². The fraction of sp³-hybridized carbons (Fsp3) is 0.100. The fourth-order valence-electron chi connectivity index (χ4n) is 2.89. The maximum atomic E-state index is 11.6. The van der Waals surface area contributed by atoms with Crippen molar-refractivity contribution in [3.05, 3.63) is 63.6 Å². The summed E-state index contributed by atoms with van der Waals surface area (Å²) in [6.07, 6.45) is 1.43. The van der Waals surface area contributed by atoms with E-state index >= 15 is 0 Å². The van der Waals surface area contributed by atoms with Crippen LogP contribution < -0.4 is 10.5 Å². The molecule has 2 N–H and O–H groups in total. The third kappa shape index (κ3) is 3.37. The van der Waals surface area contributed by atoms with Crippen LogP contribution in [0.4, 0.5) is 0 Å². The molecule has 0 saturated carbocycles. The molecular formula is C20H15Cl2N3O2. The highest BCUT2D eigenvalue weighted by Crippen LogP contribution is 2.41. The molecule has 0 saturated heterocycles. The molecule has 1 heterocycles. The van der Waals surface area contributed by atoms with Crippen molar-refractivity contribution in [1.29, 1.82) is 5.26 Å². The van der Waals surface area contributed by atoms with Gasteiger partial charge in [-0.05, 0) is 31.2 Å². The summed E-state index contributed by atoms with van der Waals surface area (Å²) in [6, 6.07) is 14.5. The van der Waals surface area contributed by atoms with E-state index in [-0.39, 0.29) is 5.57 Å². The molecule has 0 aliphatic heterocycles. The average molecular weight is 400 g/mol.